The van der Waals surface area contributed by atoms with E-state index in [2.05, 4.69) is 11.4 Å². The van der Waals surface area contributed by atoms with E-state index in [1.54, 1.807) is 0 Å². The maximum Gasteiger partial charge on any atom is 0.697 e. The van der Waals surface area contributed by atoms with Crippen molar-refractivity contribution in [2.75, 3.05) is 33.5 Å². The van der Waals surface area contributed by atoms with Gasteiger partial charge in [-0.25, -0.2) is 0 Å². The summed E-state index contributed by atoms with van der Waals surface area (Å²) in [5.74, 6) is -0.148. The zero-order chi connectivity index (χ0) is 21.4. The van der Waals surface area contributed by atoms with Gasteiger partial charge in [-0.3, -0.25) is 0 Å². The first-order valence-electron chi connectivity index (χ1n) is 12.1. The first kappa shape index (κ1) is 28.9. The van der Waals surface area contributed by atoms with Gasteiger partial charge in [0.25, 0.3) is 0 Å². The summed E-state index contributed by atoms with van der Waals surface area (Å²) < 4.78 is 26.2. The Morgan fingerprint density at radius 3 is 1.59 bits per heavy atom. The van der Waals surface area contributed by atoms with E-state index < -0.39 is 8.25 Å². The summed E-state index contributed by atoms with van der Waals surface area (Å²) in [4.78, 5) is 0. The highest BCUT2D eigenvalue weighted by atomic mass is 31.1. The van der Waals surface area contributed by atoms with Gasteiger partial charge in [-0.15, -0.1) is 9.05 Å². The second-order valence-electron chi connectivity index (χ2n) is 8.13. The lowest BCUT2D eigenvalue weighted by molar-refractivity contribution is 0.0475. The van der Waals surface area contributed by atoms with Crippen LogP contribution in [0.5, 0.6) is 0 Å². The summed E-state index contributed by atoms with van der Waals surface area (Å²) in [5, 5.41) is 9.26. The summed E-state index contributed by atoms with van der Waals surface area (Å²) in [6.07, 6.45) is 21.8. The lowest BCUT2D eigenvalue weighted by atomic mass is 10.0. The third-order valence-corrected chi connectivity index (χ3v) is 5.98. The summed E-state index contributed by atoms with van der Waals surface area (Å²) in [5.41, 5.74) is 0. The van der Waals surface area contributed by atoms with Crippen molar-refractivity contribution >= 4 is 8.25 Å². The van der Waals surface area contributed by atoms with E-state index in [4.69, 9.17) is 9.26 Å². The molecule has 2 atom stereocenters. The normalized spacial score (nSPS) is 13.0. The molecule has 0 aliphatic carbocycles. The Morgan fingerprint density at radius 2 is 1.17 bits per heavy atom. The Bertz CT molecular complexity index is 341. The Labute approximate surface area is 181 Å². The van der Waals surface area contributed by atoms with Crippen LogP contribution < -0.4 is 0 Å². The van der Waals surface area contributed by atoms with E-state index in [0.717, 1.165) is 6.42 Å². The highest BCUT2D eigenvalue weighted by Crippen LogP contribution is 2.22. The quantitative estimate of drug-likeness (QED) is 0.128. The molecule has 0 fully saturated rings. The molecule has 0 rings (SSSR count). The molecule has 0 saturated carbocycles. The number of hydrogen-bond acceptors (Lipinski definition) is 5. The van der Waals surface area contributed by atoms with Gasteiger partial charge in [0.15, 0.2) is 0 Å². The van der Waals surface area contributed by atoms with Crippen LogP contribution in [0, 0.1) is 5.92 Å². The van der Waals surface area contributed by atoms with Crippen molar-refractivity contribution in [3.05, 3.63) is 0 Å². The lowest BCUT2D eigenvalue weighted by Gasteiger charge is -2.11. The van der Waals surface area contributed by atoms with Crippen molar-refractivity contribution in [1.29, 1.82) is 0 Å². The largest absolute Gasteiger partial charge is 0.697 e. The van der Waals surface area contributed by atoms with Crippen molar-refractivity contribution in [2.45, 2.75) is 110 Å². The lowest BCUT2D eigenvalue weighted by Crippen LogP contribution is -2.19. The third kappa shape index (κ3) is 22.4. The zero-order valence-corrected chi connectivity index (χ0v) is 20.1. The fourth-order valence-electron chi connectivity index (χ4n) is 3.37. The Hall–Kier alpha value is -0.0600. The number of unbranched alkanes of at least 4 members (excludes halogenated alkanes) is 15. The molecule has 0 aliphatic heterocycles. The fourth-order valence-corrected chi connectivity index (χ4v) is 3.81. The number of ether oxygens (including phenoxy) is 1. The summed E-state index contributed by atoms with van der Waals surface area (Å²) >= 11 is 0. The highest BCUT2D eigenvalue weighted by molar-refractivity contribution is 7.33. The monoisotopic (exact) mass is 435 g/mol. The van der Waals surface area contributed by atoms with Crippen LogP contribution >= 0.6 is 8.25 Å². The van der Waals surface area contributed by atoms with Crippen molar-refractivity contribution in [1.82, 2.24) is 0 Å². The number of rotatable bonds is 24. The third-order valence-electron chi connectivity index (χ3n) is 5.32. The molecule has 0 aromatic heterocycles. The minimum atomic E-state index is -2.07. The molecule has 0 radical (unpaired) electrons. The number of aliphatic hydroxyl groups is 1. The minimum absolute atomic E-state index is 0.0359. The van der Waals surface area contributed by atoms with Crippen molar-refractivity contribution < 1.29 is 23.5 Å². The number of aliphatic hydroxyl groups excluding tert-OH is 1. The molecular weight excluding hydrogens is 387 g/mol. The standard InChI is InChI=1S/C23H48O5P/c1-3-4-5-6-7-8-9-10-11-12-13-14-15-16-17-18-19-27-21-23(20-24)22-28-29(25)26-2/h23-24H,3-22H2,1-2H3/q+1/t23-/m1/s1. The molecule has 0 aromatic rings. The first-order valence-corrected chi connectivity index (χ1v) is 13.2. The van der Waals surface area contributed by atoms with E-state index in [-0.39, 0.29) is 19.1 Å². The minimum Gasteiger partial charge on any atom is -0.396 e. The van der Waals surface area contributed by atoms with Gasteiger partial charge in [0, 0.05) is 17.1 Å². The van der Waals surface area contributed by atoms with Crippen molar-refractivity contribution in [3.8, 4) is 0 Å². The highest BCUT2D eigenvalue weighted by Gasteiger charge is 2.20. The van der Waals surface area contributed by atoms with Crippen molar-refractivity contribution in [2.24, 2.45) is 5.92 Å². The molecule has 0 aromatic carbocycles. The zero-order valence-electron chi connectivity index (χ0n) is 19.2. The molecule has 0 amide bonds. The molecule has 1 unspecified atom stereocenters. The molecule has 0 aliphatic rings. The van der Waals surface area contributed by atoms with Gasteiger partial charge < -0.3 is 9.84 Å². The van der Waals surface area contributed by atoms with Gasteiger partial charge in [-0.05, 0) is 6.42 Å². The van der Waals surface area contributed by atoms with Crippen LogP contribution in [0.1, 0.15) is 110 Å². The average molecular weight is 436 g/mol. The van der Waals surface area contributed by atoms with Gasteiger partial charge in [-0.1, -0.05) is 103 Å². The van der Waals surface area contributed by atoms with Gasteiger partial charge >= 0.3 is 8.25 Å². The molecule has 0 spiro atoms. The van der Waals surface area contributed by atoms with Crippen LogP contribution in [0.15, 0.2) is 0 Å². The van der Waals surface area contributed by atoms with Crippen LogP contribution in [0.4, 0.5) is 0 Å². The molecule has 6 heteroatoms. The Kier molecular flexibility index (Phi) is 24.2. The Morgan fingerprint density at radius 1 is 0.724 bits per heavy atom. The molecule has 1 N–H and O–H groups in total. The predicted molar refractivity (Wildman–Crippen MR) is 122 cm³/mol. The van der Waals surface area contributed by atoms with Crippen molar-refractivity contribution in [3.63, 3.8) is 0 Å². The van der Waals surface area contributed by atoms with Crippen LogP contribution in [0.2, 0.25) is 0 Å². The first-order chi connectivity index (χ1) is 14.2. The molecule has 5 nitrogen and oxygen atoms in total. The van der Waals surface area contributed by atoms with E-state index >= 15 is 0 Å². The SMILES string of the molecule is CCCCCCCCCCCCCCCCCCOC[C@@H](CO)CO[P+](=O)OC. The van der Waals surface area contributed by atoms with Gasteiger partial charge in [0.05, 0.1) is 20.3 Å². The fraction of sp³-hybridized carbons (Fsp3) is 1.00. The predicted octanol–water partition coefficient (Wildman–Crippen LogP) is 7.19. The topological polar surface area (TPSA) is 65.0 Å². The molecule has 29 heavy (non-hydrogen) atoms. The second-order valence-corrected chi connectivity index (χ2v) is 9.20. The summed E-state index contributed by atoms with van der Waals surface area (Å²) in [6.45, 7) is 3.58. The van der Waals surface area contributed by atoms with Crippen LogP contribution in [-0.4, -0.2) is 38.6 Å². The van der Waals surface area contributed by atoms with Crippen LogP contribution in [0.25, 0.3) is 0 Å². The van der Waals surface area contributed by atoms with E-state index in [1.165, 1.54) is 103 Å². The van der Waals surface area contributed by atoms with E-state index in [9.17, 15) is 9.67 Å². The van der Waals surface area contributed by atoms with Gasteiger partial charge in [0.1, 0.15) is 6.61 Å². The smallest absolute Gasteiger partial charge is 0.396 e. The second kappa shape index (κ2) is 24.2. The average Bonchev–Trinajstić information content (AvgIpc) is 2.74. The molecule has 0 heterocycles. The number of hydrogen-bond donors (Lipinski definition) is 1. The summed E-state index contributed by atoms with van der Waals surface area (Å²) in [7, 11) is -0.740. The Balaban J connectivity index is 3.20. The van der Waals surface area contributed by atoms with E-state index in [1.807, 2.05) is 0 Å². The molecule has 174 valence electrons. The maximum atomic E-state index is 11.1. The maximum absolute atomic E-state index is 11.1. The van der Waals surface area contributed by atoms with Gasteiger partial charge in [-0.2, -0.15) is 0 Å². The van der Waals surface area contributed by atoms with E-state index in [0.29, 0.717) is 13.2 Å². The van der Waals surface area contributed by atoms with Crippen LogP contribution in [-0.2, 0) is 18.3 Å². The van der Waals surface area contributed by atoms with Gasteiger partial charge in [0.2, 0.25) is 0 Å². The van der Waals surface area contributed by atoms with Crippen LogP contribution in [0.3, 0.4) is 0 Å². The molecule has 0 saturated heterocycles. The molecular formula is C23H48O5P+. The summed E-state index contributed by atoms with van der Waals surface area (Å²) in [6, 6.07) is 0. The molecule has 0 bridgehead atoms.